The van der Waals surface area contributed by atoms with E-state index in [1.54, 1.807) is 23.1 Å². The molecule has 1 aliphatic carbocycles. The number of carbonyl (C=O) groups is 3. The Balaban J connectivity index is 1.47. The first-order valence-electron chi connectivity index (χ1n) is 14.5. The van der Waals surface area contributed by atoms with Crippen molar-refractivity contribution >= 4 is 46.0 Å². The molecule has 2 heterocycles. The van der Waals surface area contributed by atoms with Crippen LogP contribution in [0.2, 0.25) is 0 Å². The van der Waals surface area contributed by atoms with Gasteiger partial charge >= 0.3 is 0 Å². The van der Waals surface area contributed by atoms with Gasteiger partial charge in [0.2, 0.25) is 5.91 Å². The van der Waals surface area contributed by atoms with Gasteiger partial charge in [0, 0.05) is 42.7 Å². The molecule has 1 N–H and O–H groups in total. The van der Waals surface area contributed by atoms with Crippen LogP contribution in [0.15, 0.2) is 63.4 Å². The van der Waals surface area contributed by atoms with Crippen molar-refractivity contribution in [2.45, 2.75) is 48.8 Å². The lowest BCUT2D eigenvalue weighted by molar-refractivity contribution is -0.130. The number of piperazine rings is 1. The number of thiazole rings is 1. The van der Waals surface area contributed by atoms with Crippen molar-refractivity contribution in [3.05, 3.63) is 65.4 Å². The Morgan fingerprint density at radius 2 is 2.05 bits per heavy atom. The van der Waals surface area contributed by atoms with Gasteiger partial charge in [-0.05, 0) is 69.6 Å². The molecule has 2 aromatic rings. The Hall–Kier alpha value is -3.41. The predicted octanol–water partition coefficient (Wildman–Crippen LogP) is 5.25. The minimum atomic E-state index is -0.164. The average Bonchev–Trinajstić information content (AvgIpc) is 3.43. The molecule has 9 nitrogen and oxygen atoms in total. The second-order valence-electron chi connectivity index (χ2n) is 11.2. The van der Waals surface area contributed by atoms with Crippen LogP contribution in [-0.4, -0.2) is 90.8 Å². The summed E-state index contributed by atoms with van der Waals surface area (Å²) in [5.41, 5.74) is 3.34. The molecule has 0 bridgehead atoms. The molecular formula is C32H41N5O4S2. The molecule has 43 heavy (non-hydrogen) atoms. The van der Waals surface area contributed by atoms with Gasteiger partial charge in [-0.15, -0.1) is 0 Å². The van der Waals surface area contributed by atoms with Crippen LogP contribution in [0.5, 0.6) is 5.75 Å². The second-order valence-corrected chi connectivity index (χ2v) is 13.5. The molecule has 1 saturated heterocycles. The van der Waals surface area contributed by atoms with Crippen LogP contribution in [0.1, 0.15) is 42.6 Å². The summed E-state index contributed by atoms with van der Waals surface area (Å²) >= 11 is 2.89. The molecule has 230 valence electrons. The van der Waals surface area contributed by atoms with E-state index in [1.807, 2.05) is 52.2 Å². The molecule has 3 amide bonds. The third-order valence-electron chi connectivity index (χ3n) is 7.77. The Bertz CT molecular complexity index is 1450. The van der Waals surface area contributed by atoms with E-state index in [4.69, 9.17) is 4.74 Å². The fraction of sp³-hybridized carbons (Fsp3) is 0.438. The molecule has 1 aromatic carbocycles. The minimum Gasteiger partial charge on any atom is -0.496 e. The van der Waals surface area contributed by atoms with Crippen LogP contribution in [0, 0.1) is 12.8 Å². The molecule has 1 aromatic heterocycles. The van der Waals surface area contributed by atoms with Crippen LogP contribution in [-0.2, 0) is 9.59 Å². The highest BCUT2D eigenvalue weighted by Crippen LogP contribution is 2.39. The Morgan fingerprint density at radius 1 is 1.28 bits per heavy atom. The van der Waals surface area contributed by atoms with Crippen LogP contribution >= 0.6 is 23.1 Å². The van der Waals surface area contributed by atoms with Gasteiger partial charge in [-0.1, -0.05) is 55.2 Å². The number of methoxy groups -OCH3 is 1. The topological polar surface area (TPSA) is 95.1 Å². The zero-order valence-electron chi connectivity index (χ0n) is 25.8. The maximum absolute atomic E-state index is 13.7. The number of ether oxygens (including phenoxy) is 1. The zero-order valence-corrected chi connectivity index (χ0v) is 27.4. The molecule has 0 radical (unpaired) electrons. The number of nitrogens with one attached hydrogen (secondary N) is 1. The normalized spacial score (nSPS) is 18.7. The van der Waals surface area contributed by atoms with E-state index in [0.29, 0.717) is 47.6 Å². The molecule has 0 spiro atoms. The van der Waals surface area contributed by atoms with E-state index in [-0.39, 0.29) is 23.8 Å². The van der Waals surface area contributed by atoms with Gasteiger partial charge in [-0.3, -0.25) is 19.7 Å². The standard InChI is InChI=1S/C32H41N5O4S2/c1-8-24-19-36(12-13-37(24)28(38)9-2)31(40)25-16-27(21(4)14-26(25)41-7)42-29-17-33-32(43-29)34-30(39)22-11-10-20(3)23(15-22)18-35(5)6/h9,11,14-17,20,24H,2,8,10,12-13,18-19H2,1,3-7H3,(H,33,34,39)/t20?,24-/m1/s1. The number of anilines is 1. The first kappa shape index (κ1) is 32.5. The van der Waals surface area contributed by atoms with Gasteiger partial charge in [0.15, 0.2) is 5.13 Å². The highest BCUT2D eigenvalue weighted by molar-refractivity contribution is 8.01. The summed E-state index contributed by atoms with van der Waals surface area (Å²) < 4.78 is 6.50. The summed E-state index contributed by atoms with van der Waals surface area (Å²) in [5.74, 6) is 0.518. The van der Waals surface area contributed by atoms with Gasteiger partial charge in [0.1, 0.15) is 5.75 Å². The van der Waals surface area contributed by atoms with Gasteiger partial charge in [0.25, 0.3) is 11.8 Å². The number of hydrogen-bond donors (Lipinski definition) is 1. The molecule has 1 aliphatic heterocycles. The maximum Gasteiger partial charge on any atom is 0.257 e. The van der Waals surface area contributed by atoms with Crippen molar-refractivity contribution in [1.82, 2.24) is 19.7 Å². The fourth-order valence-electron chi connectivity index (χ4n) is 5.30. The maximum atomic E-state index is 13.7. The van der Waals surface area contributed by atoms with Crippen molar-refractivity contribution in [1.29, 1.82) is 0 Å². The number of aryl methyl sites for hydroxylation is 1. The van der Waals surface area contributed by atoms with Crippen molar-refractivity contribution in [3.63, 3.8) is 0 Å². The molecule has 1 unspecified atom stereocenters. The van der Waals surface area contributed by atoms with E-state index in [2.05, 4.69) is 28.7 Å². The molecule has 2 aliphatic rings. The number of aromatic nitrogens is 1. The quantitative estimate of drug-likeness (QED) is 0.361. The number of benzene rings is 1. The Kier molecular flexibility index (Phi) is 10.9. The van der Waals surface area contributed by atoms with E-state index < -0.39 is 0 Å². The monoisotopic (exact) mass is 623 g/mol. The SMILES string of the molecule is C=CC(=O)N1CCN(C(=O)c2cc(Sc3cnc(NC(=O)C4=CCC(C)C(CN(C)C)=C4)s3)c(C)cc2OC)C[C@H]1CC. The zero-order chi connectivity index (χ0) is 31.3. The number of hydrogen-bond acceptors (Lipinski definition) is 8. The lowest BCUT2D eigenvalue weighted by Crippen LogP contribution is -2.56. The number of likely N-dealkylation sites (N-methyl/N-ethyl adjacent to an activating group) is 1. The van der Waals surface area contributed by atoms with Gasteiger partial charge < -0.3 is 19.4 Å². The summed E-state index contributed by atoms with van der Waals surface area (Å²) in [5, 5.41) is 3.47. The summed E-state index contributed by atoms with van der Waals surface area (Å²) in [6.45, 7) is 12.0. The summed E-state index contributed by atoms with van der Waals surface area (Å²) in [6, 6.07) is 3.68. The molecule has 11 heteroatoms. The predicted molar refractivity (Wildman–Crippen MR) is 173 cm³/mol. The highest BCUT2D eigenvalue weighted by Gasteiger charge is 2.32. The van der Waals surface area contributed by atoms with Crippen LogP contribution < -0.4 is 10.1 Å². The number of amides is 3. The number of rotatable bonds is 10. The third-order valence-corrected chi connectivity index (χ3v) is 9.94. The van der Waals surface area contributed by atoms with Crippen molar-refractivity contribution < 1.29 is 19.1 Å². The minimum absolute atomic E-state index is 0.0675. The number of allylic oxidation sites excluding steroid dienone is 1. The lowest BCUT2D eigenvalue weighted by atomic mass is 9.89. The highest BCUT2D eigenvalue weighted by atomic mass is 32.2. The number of carbonyl (C=O) groups excluding carboxylic acids is 3. The fourth-order valence-corrected chi connectivity index (χ4v) is 7.23. The average molecular weight is 624 g/mol. The smallest absolute Gasteiger partial charge is 0.257 e. The second kappa shape index (κ2) is 14.4. The largest absolute Gasteiger partial charge is 0.496 e. The Labute approximate surface area is 262 Å². The van der Waals surface area contributed by atoms with Crippen molar-refractivity contribution in [3.8, 4) is 5.75 Å². The van der Waals surface area contributed by atoms with Gasteiger partial charge in [0.05, 0.1) is 23.1 Å². The van der Waals surface area contributed by atoms with Gasteiger partial charge in [-0.2, -0.15) is 0 Å². The van der Waals surface area contributed by atoms with Crippen molar-refractivity contribution in [2.24, 2.45) is 5.92 Å². The molecular weight excluding hydrogens is 583 g/mol. The third kappa shape index (κ3) is 7.76. The first-order chi connectivity index (χ1) is 20.5. The first-order valence-corrected chi connectivity index (χ1v) is 16.1. The van der Waals surface area contributed by atoms with E-state index in [9.17, 15) is 14.4 Å². The van der Waals surface area contributed by atoms with Crippen LogP contribution in [0.3, 0.4) is 0 Å². The molecule has 4 rings (SSSR count). The number of nitrogens with zero attached hydrogens (tertiary/aromatic N) is 4. The molecule has 2 atom stereocenters. The van der Waals surface area contributed by atoms with Crippen LogP contribution in [0.4, 0.5) is 5.13 Å². The van der Waals surface area contributed by atoms with E-state index >= 15 is 0 Å². The van der Waals surface area contributed by atoms with E-state index in [1.165, 1.54) is 34.7 Å². The van der Waals surface area contributed by atoms with E-state index in [0.717, 1.165) is 34.1 Å². The summed E-state index contributed by atoms with van der Waals surface area (Å²) in [6.07, 6.45) is 8.62. The molecule has 0 saturated carbocycles. The lowest BCUT2D eigenvalue weighted by Gasteiger charge is -2.41. The summed E-state index contributed by atoms with van der Waals surface area (Å²) in [7, 11) is 5.62. The summed E-state index contributed by atoms with van der Waals surface area (Å²) in [4.78, 5) is 50.1. The van der Waals surface area contributed by atoms with Gasteiger partial charge in [-0.25, -0.2) is 4.98 Å². The van der Waals surface area contributed by atoms with Crippen LogP contribution in [0.25, 0.3) is 0 Å². The molecule has 1 fully saturated rings. The Morgan fingerprint density at radius 3 is 2.72 bits per heavy atom. The van der Waals surface area contributed by atoms with Crippen molar-refractivity contribution in [2.75, 3.05) is 52.7 Å².